The van der Waals surface area contributed by atoms with Crippen LogP contribution in [0.4, 0.5) is 4.39 Å². The smallest absolute Gasteiger partial charge is 0.256 e. The highest BCUT2D eigenvalue weighted by atomic mass is 35.5. The number of nitrogens with zero attached hydrogens (tertiary/aromatic N) is 1. The average molecular weight is 285 g/mol. The van der Waals surface area contributed by atoms with Crippen molar-refractivity contribution in [3.05, 3.63) is 34.6 Å². The number of piperidine rings is 1. The maximum Gasteiger partial charge on any atom is 0.256 e. The number of rotatable bonds is 2. The van der Waals surface area contributed by atoms with E-state index >= 15 is 0 Å². The highest BCUT2D eigenvalue weighted by Gasteiger charge is 2.27. The molecule has 0 saturated carbocycles. The Bertz CT molecular complexity index is 513. The van der Waals surface area contributed by atoms with E-state index in [0.29, 0.717) is 25.9 Å². The maximum atomic E-state index is 13.7. The third-order valence-electron chi connectivity index (χ3n) is 3.35. The molecule has 1 aromatic rings. The summed E-state index contributed by atoms with van der Waals surface area (Å²) in [5.41, 5.74) is 5.23. The summed E-state index contributed by atoms with van der Waals surface area (Å²) in [6, 6.07) is 3.97. The highest BCUT2D eigenvalue weighted by molar-refractivity contribution is 6.30. The highest BCUT2D eigenvalue weighted by Crippen LogP contribution is 2.21. The van der Waals surface area contributed by atoms with E-state index < -0.39 is 5.82 Å². The molecule has 1 saturated heterocycles. The number of hydrogen-bond donors (Lipinski definition) is 1. The Morgan fingerprint density at radius 1 is 1.32 bits per heavy atom. The fraction of sp³-hybridized carbons (Fsp3) is 0.385. The summed E-state index contributed by atoms with van der Waals surface area (Å²) in [5, 5.41) is 0.251. The minimum Gasteiger partial charge on any atom is -0.369 e. The molecule has 1 aliphatic rings. The van der Waals surface area contributed by atoms with Crippen molar-refractivity contribution in [2.24, 2.45) is 11.7 Å². The molecule has 2 N–H and O–H groups in total. The van der Waals surface area contributed by atoms with Crippen molar-refractivity contribution in [2.45, 2.75) is 12.8 Å². The van der Waals surface area contributed by atoms with Crippen LogP contribution in [-0.2, 0) is 4.79 Å². The Morgan fingerprint density at radius 3 is 2.47 bits per heavy atom. The molecule has 6 heteroatoms. The number of benzene rings is 1. The number of halogens is 2. The Balaban J connectivity index is 2.07. The third kappa shape index (κ3) is 3.04. The number of likely N-dealkylation sites (tertiary alicyclic amines) is 1. The van der Waals surface area contributed by atoms with Gasteiger partial charge in [-0.15, -0.1) is 0 Å². The maximum absolute atomic E-state index is 13.7. The molecule has 1 aromatic carbocycles. The number of amides is 2. The number of hydrogen-bond acceptors (Lipinski definition) is 2. The van der Waals surface area contributed by atoms with Crippen LogP contribution in [0.25, 0.3) is 0 Å². The second-order valence-electron chi connectivity index (χ2n) is 4.59. The van der Waals surface area contributed by atoms with Crippen molar-refractivity contribution in [2.75, 3.05) is 13.1 Å². The summed E-state index contributed by atoms with van der Waals surface area (Å²) in [4.78, 5) is 24.7. The van der Waals surface area contributed by atoms with E-state index in [4.69, 9.17) is 17.3 Å². The zero-order valence-electron chi connectivity index (χ0n) is 10.2. The van der Waals surface area contributed by atoms with Crippen molar-refractivity contribution in [3.63, 3.8) is 0 Å². The molecule has 0 radical (unpaired) electrons. The summed E-state index contributed by atoms with van der Waals surface area (Å²) in [7, 11) is 0. The Labute approximate surface area is 115 Å². The van der Waals surface area contributed by atoms with Crippen molar-refractivity contribution in [3.8, 4) is 0 Å². The lowest BCUT2D eigenvalue weighted by molar-refractivity contribution is -0.123. The number of carbonyl (C=O) groups excluding carboxylic acids is 2. The summed E-state index contributed by atoms with van der Waals surface area (Å²) in [5.74, 6) is -1.55. The first-order valence-corrected chi connectivity index (χ1v) is 6.40. The van der Waals surface area contributed by atoms with Crippen LogP contribution in [0.2, 0.25) is 5.02 Å². The van der Waals surface area contributed by atoms with Crippen LogP contribution in [0.1, 0.15) is 23.2 Å². The van der Waals surface area contributed by atoms with Crippen molar-refractivity contribution in [1.82, 2.24) is 4.90 Å². The molecule has 4 nitrogen and oxygen atoms in total. The van der Waals surface area contributed by atoms with E-state index in [2.05, 4.69) is 0 Å². The molecule has 1 fully saturated rings. The molecule has 0 unspecified atom stereocenters. The Kier molecular flexibility index (Phi) is 4.04. The van der Waals surface area contributed by atoms with Crippen LogP contribution < -0.4 is 5.73 Å². The number of primary amides is 1. The van der Waals surface area contributed by atoms with E-state index in [1.165, 1.54) is 17.0 Å². The Hall–Kier alpha value is -1.62. The second kappa shape index (κ2) is 5.57. The van der Waals surface area contributed by atoms with Crippen LogP contribution in [0.15, 0.2) is 18.2 Å². The molecule has 1 aliphatic heterocycles. The molecular formula is C13H14ClFN2O2. The van der Waals surface area contributed by atoms with Gasteiger partial charge in [-0.05, 0) is 31.0 Å². The lowest BCUT2D eigenvalue weighted by atomic mass is 9.96. The van der Waals surface area contributed by atoms with Gasteiger partial charge in [0.1, 0.15) is 5.82 Å². The van der Waals surface area contributed by atoms with E-state index in [1.54, 1.807) is 0 Å². The molecule has 0 atom stereocenters. The van der Waals surface area contributed by atoms with Gasteiger partial charge in [0.05, 0.1) is 5.56 Å². The van der Waals surface area contributed by atoms with Gasteiger partial charge in [-0.25, -0.2) is 4.39 Å². The average Bonchev–Trinajstić information content (AvgIpc) is 2.38. The number of nitrogens with two attached hydrogens (primary N) is 1. The first kappa shape index (κ1) is 13.8. The molecule has 1 heterocycles. The van der Waals surface area contributed by atoms with E-state index in [0.717, 1.165) is 6.07 Å². The molecule has 0 spiro atoms. The largest absolute Gasteiger partial charge is 0.369 e. The standard InChI is InChI=1S/C13H14ClFN2O2/c14-9-1-2-10(11(15)7-9)13(19)17-5-3-8(4-6-17)12(16)18/h1-2,7-8H,3-6H2,(H2,16,18). The molecule has 2 rings (SSSR count). The van der Waals surface area contributed by atoms with Gasteiger partial charge in [0.25, 0.3) is 5.91 Å². The van der Waals surface area contributed by atoms with E-state index in [9.17, 15) is 14.0 Å². The van der Waals surface area contributed by atoms with E-state index in [-0.39, 0.29) is 28.3 Å². The Morgan fingerprint density at radius 2 is 1.95 bits per heavy atom. The molecule has 0 aliphatic carbocycles. The molecular weight excluding hydrogens is 271 g/mol. The van der Waals surface area contributed by atoms with Gasteiger partial charge in [-0.2, -0.15) is 0 Å². The number of carbonyl (C=O) groups is 2. The van der Waals surface area contributed by atoms with Crippen LogP contribution in [0.3, 0.4) is 0 Å². The van der Waals surface area contributed by atoms with Crippen LogP contribution in [-0.4, -0.2) is 29.8 Å². The normalized spacial score (nSPS) is 16.4. The SMILES string of the molecule is NC(=O)C1CCN(C(=O)c2ccc(Cl)cc2F)CC1. The first-order chi connectivity index (χ1) is 8.99. The summed E-state index contributed by atoms with van der Waals surface area (Å²) >= 11 is 5.65. The summed E-state index contributed by atoms with van der Waals surface area (Å²) in [6.45, 7) is 0.822. The fourth-order valence-corrected chi connectivity index (χ4v) is 2.36. The second-order valence-corrected chi connectivity index (χ2v) is 5.03. The predicted octanol–water partition coefficient (Wildman–Crippen LogP) is 1.82. The van der Waals surface area contributed by atoms with Gasteiger partial charge in [0.15, 0.2) is 0 Å². The zero-order chi connectivity index (χ0) is 14.0. The van der Waals surface area contributed by atoms with Crippen molar-refractivity contribution >= 4 is 23.4 Å². The summed E-state index contributed by atoms with van der Waals surface area (Å²) < 4.78 is 13.7. The lowest BCUT2D eigenvalue weighted by Crippen LogP contribution is -2.42. The van der Waals surface area contributed by atoms with Gasteiger partial charge < -0.3 is 10.6 Å². The van der Waals surface area contributed by atoms with Crippen molar-refractivity contribution in [1.29, 1.82) is 0 Å². The molecule has 2 amide bonds. The quantitative estimate of drug-likeness (QED) is 0.900. The van der Waals surface area contributed by atoms with Gasteiger partial charge in [-0.3, -0.25) is 9.59 Å². The van der Waals surface area contributed by atoms with E-state index in [1.807, 2.05) is 0 Å². The topological polar surface area (TPSA) is 63.4 Å². The lowest BCUT2D eigenvalue weighted by Gasteiger charge is -2.30. The summed E-state index contributed by atoms with van der Waals surface area (Å²) in [6.07, 6.45) is 1.05. The molecule has 0 bridgehead atoms. The van der Waals surface area contributed by atoms with Gasteiger partial charge in [0, 0.05) is 24.0 Å². The molecule has 102 valence electrons. The molecule has 19 heavy (non-hydrogen) atoms. The van der Waals surface area contributed by atoms with Crippen LogP contribution in [0, 0.1) is 11.7 Å². The monoisotopic (exact) mass is 284 g/mol. The first-order valence-electron chi connectivity index (χ1n) is 6.02. The third-order valence-corrected chi connectivity index (χ3v) is 3.58. The predicted molar refractivity (Wildman–Crippen MR) is 69.2 cm³/mol. The van der Waals surface area contributed by atoms with Crippen molar-refractivity contribution < 1.29 is 14.0 Å². The van der Waals surface area contributed by atoms with Gasteiger partial charge in [0.2, 0.25) is 5.91 Å². The van der Waals surface area contributed by atoms with Crippen LogP contribution >= 0.6 is 11.6 Å². The fourth-order valence-electron chi connectivity index (χ4n) is 2.20. The molecule has 0 aromatic heterocycles. The minimum absolute atomic E-state index is 0.00178. The zero-order valence-corrected chi connectivity index (χ0v) is 11.0. The van der Waals surface area contributed by atoms with Gasteiger partial charge in [-0.1, -0.05) is 11.6 Å². The minimum atomic E-state index is -0.630. The van der Waals surface area contributed by atoms with Gasteiger partial charge >= 0.3 is 0 Å². The van der Waals surface area contributed by atoms with Crippen LogP contribution in [0.5, 0.6) is 0 Å².